The van der Waals surface area contributed by atoms with E-state index in [1.165, 1.54) is 0 Å². The predicted molar refractivity (Wildman–Crippen MR) is 135 cm³/mol. The predicted octanol–water partition coefficient (Wildman–Crippen LogP) is 3.79. The SMILES string of the molecule is CC(C)(C)[Si](OC[C@@H]1C[C@@]1(CO)S(=O)(=O)c1ccccc1)(c1ccccc1)c1ccccc1. The number of sulfone groups is 1. The molecule has 1 N–H and O–H groups in total. The normalized spacial score (nSPS) is 21.0. The molecule has 2 atom stereocenters. The van der Waals surface area contributed by atoms with Crippen molar-refractivity contribution in [2.75, 3.05) is 13.2 Å². The van der Waals surface area contributed by atoms with Gasteiger partial charge >= 0.3 is 0 Å². The summed E-state index contributed by atoms with van der Waals surface area (Å²) >= 11 is 0. The van der Waals surface area contributed by atoms with Crippen LogP contribution in [-0.4, -0.2) is 39.8 Å². The minimum Gasteiger partial charge on any atom is -0.407 e. The van der Waals surface area contributed by atoms with Crippen LogP contribution in [0.2, 0.25) is 5.04 Å². The average molecular weight is 481 g/mol. The zero-order valence-corrected chi connectivity index (χ0v) is 21.3. The van der Waals surface area contributed by atoms with Crippen LogP contribution in [0, 0.1) is 5.92 Å². The van der Waals surface area contributed by atoms with Crippen molar-refractivity contribution in [2.45, 2.75) is 41.9 Å². The highest BCUT2D eigenvalue weighted by atomic mass is 32.2. The van der Waals surface area contributed by atoms with Crippen LogP contribution in [-0.2, 0) is 14.3 Å². The van der Waals surface area contributed by atoms with E-state index < -0.39 is 29.5 Å². The lowest BCUT2D eigenvalue weighted by atomic mass is 10.2. The molecule has 174 valence electrons. The van der Waals surface area contributed by atoms with Gasteiger partial charge in [0.05, 0.1) is 11.5 Å². The molecule has 0 spiro atoms. The van der Waals surface area contributed by atoms with E-state index in [0.29, 0.717) is 13.0 Å². The summed E-state index contributed by atoms with van der Waals surface area (Å²) in [6, 6.07) is 29.0. The van der Waals surface area contributed by atoms with Crippen LogP contribution >= 0.6 is 0 Å². The molecule has 3 aromatic rings. The van der Waals surface area contributed by atoms with E-state index in [1.807, 2.05) is 36.4 Å². The fraction of sp³-hybridized carbons (Fsp3) is 0.333. The molecule has 4 rings (SSSR count). The van der Waals surface area contributed by atoms with Crippen LogP contribution < -0.4 is 10.4 Å². The second-order valence-electron chi connectivity index (χ2n) is 9.91. The third kappa shape index (κ3) is 3.99. The second-order valence-corrected chi connectivity index (χ2v) is 16.5. The van der Waals surface area contributed by atoms with Gasteiger partial charge in [0.1, 0.15) is 4.75 Å². The Hall–Kier alpha value is -2.25. The van der Waals surface area contributed by atoms with Crippen LogP contribution in [0.5, 0.6) is 0 Å². The molecule has 1 saturated carbocycles. The molecule has 4 nitrogen and oxygen atoms in total. The second kappa shape index (κ2) is 8.84. The van der Waals surface area contributed by atoms with Crippen molar-refractivity contribution in [2.24, 2.45) is 5.92 Å². The molecule has 0 saturated heterocycles. The van der Waals surface area contributed by atoms with Crippen LogP contribution in [0.3, 0.4) is 0 Å². The van der Waals surface area contributed by atoms with Crippen molar-refractivity contribution < 1.29 is 18.0 Å². The van der Waals surface area contributed by atoms with Crippen molar-refractivity contribution >= 4 is 28.5 Å². The largest absolute Gasteiger partial charge is 0.407 e. The topological polar surface area (TPSA) is 63.6 Å². The van der Waals surface area contributed by atoms with Crippen LogP contribution in [0.15, 0.2) is 95.9 Å². The Labute approximate surface area is 198 Å². The lowest BCUT2D eigenvalue weighted by molar-refractivity contribution is 0.242. The first-order chi connectivity index (χ1) is 15.7. The third-order valence-electron chi connectivity index (χ3n) is 6.95. The Kier molecular flexibility index (Phi) is 6.40. The van der Waals surface area contributed by atoms with Crippen LogP contribution in [0.4, 0.5) is 0 Å². The fourth-order valence-electron chi connectivity index (χ4n) is 5.00. The van der Waals surface area contributed by atoms with Gasteiger partial charge in [0.15, 0.2) is 9.84 Å². The van der Waals surface area contributed by atoms with Crippen molar-refractivity contribution in [1.29, 1.82) is 0 Å². The summed E-state index contributed by atoms with van der Waals surface area (Å²) in [5.41, 5.74) is 0. The maximum atomic E-state index is 13.4. The highest BCUT2D eigenvalue weighted by Crippen LogP contribution is 2.53. The summed E-state index contributed by atoms with van der Waals surface area (Å²) in [7, 11) is -6.44. The Balaban J connectivity index is 1.71. The zero-order valence-electron chi connectivity index (χ0n) is 19.4. The van der Waals surface area contributed by atoms with Crippen molar-refractivity contribution in [3.63, 3.8) is 0 Å². The molecule has 0 aromatic heterocycles. The van der Waals surface area contributed by atoms with Gasteiger partial charge in [-0.3, -0.25) is 0 Å². The number of aliphatic hydroxyl groups excluding tert-OH is 1. The molecule has 1 fully saturated rings. The minimum atomic E-state index is -3.67. The summed E-state index contributed by atoms with van der Waals surface area (Å²) in [6.07, 6.45) is 0.402. The molecule has 6 heteroatoms. The molecule has 33 heavy (non-hydrogen) atoms. The molecule has 0 heterocycles. The van der Waals surface area contributed by atoms with Crippen LogP contribution in [0.1, 0.15) is 27.2 Å². The van der Waals surface area contributed by atoms with Gasteiger partial charge in [-0.25, -0.2) is 8.42 Å². The molecule has 0 unspecified atom stereocenters. The molecule has 0 aliphatic heterocycles. The van der Waals surface area contributed by atoms with Crippen molar-refractivity contribution in [1.82, 2.24) is 0 Å². The van der Waals surface area contributed by atoms with Gasteiger partial charge in [-0.15, -0.1) is 0 Å². The highest BCUT2D eigenvalue weighted by molar-refractivity contribution is 7.93. The third-order valence-corrected chi connectivity index (χ3v) is 14.5. The molecule has 0 amide bonds. The Morgan fingerprint density at radius 3 is 1.76 bits per heavy atom. The summed E-state index contributed by atoms with van der Waals surface area (Å²) in [4.78, 5) is 0.256. The molecule has 1 aliphatic carbocycles. The van der Waals surface area contributed by atoms with Crippen molar-refractivity contribution in [3.8, 4) is 0 Å². The Morgan fingerprint density at radius 2 is 1.33 bits per heavy atom. The van der Waals surface area contributed by atoms with Gasteiger partial charge in [0, 0.05) is 12.5 Å². The number of aliphatic hydroxyl groups is 1. The summed E-state index contributed by atoms with van der Waals surface area (Å²) in [6.45, 7) is 6.49. The number of benzene rings is 3. The molecule has 3 aromatic carbocycles. The van der Waals surface area contributed by atoms with E-state index in [2.05, 4.69) is 45.0 Å². The number of hydrogen-bond acceptors (Lipinski definition) is 4. The fourth-order valence-corrected chi connectivity index (χ4v) is 11.7. The van der Waals surface area contributed by atoms with Gasteiger partial charge in [-0.1, -0.05) is 99.6 Å². The Morgan fingerprint density at radius 1 is 0.879 bits per heavy atom. The maximum Gasteiger partial charge on any atom is 0.261 e. The first-order valence-corrected chi connectivity index (χ1v) is 14.7. The molecule has 1 aliphatic rings. The first kappa shape index (κ1) is 23.9. The van der Waals surface area contributed by atoms with Crippen molar-refractivity contribution in [3.05, 3.63) is 91.0 Å². The van der Waals surface area contributed by atoms with Gasteiger partial charge in [-0.2, -0.15) is 0 Å². The van der Waals surface area contributed by atoms with E-state index >= 15 is 0 Å². The van der Waals surface area contributed by atoms with Crippen LogP contribution in [0.25, 0.3) is 0 Å². The summed E-state index contributed by atoms with van der Waals surface area (Å²) < 4.78 is 32.6. The molecule has 0 radical (unpaired) electrons. The van der Waals surface area contributed by atoms with Gasteiger partial charge < -0.3 is 9.53 Å². The average Bonchev–Trinajstić information content (AvgIpc) is 3.56. The standard InChI is InChI=1S/C27H32O4SSi/c1-26(2,3)33(24-15-9-5-10-16-24,25-17-11-6-12-18-25)31-20-22-19-27(22,21-28)32(29,30)23-13-7-4-8-14-23/h4-18,22,28H,19-21H2,1-3H3/t22-,27-/m0/s1. The minimum absolute atomic E-state index is 0.190. The van der Waals surface area contributed by atoms with E-state index in [1.54, 1.807) is 30.3 Å². The van der Waals surface area contributed by atoms with E-state index in [0.717, 1.165) is 10.4 Å². The monoisotopic (exact) mass is 480 g/mol. The maximum absolute atomic E-state index is 13.4. The highest BCUT2D eigenvalue weighted by Gasteiger charge is 2.64. The summed E-state index contributed by atoms with van der Waals surface area (Å²) in [5, 5.41) is 12.3. The van der Waals surface area contributed by atoms with E-state index in [-0.39, 0.29) is 15.9 Å². The Bertz CT molecular complexity index is 1140. The quantitative estimate of drug-likeness (QED) is 0.498. The number of hydrogen-bond donors (Lipinski definition) is 1. The lowest BCUT2D eigenvalue weighted by Gasteiger charge is -2.43. The molecule has 0 bridgehead atoms. The van der Waals surface area contributed by atoms with Gasteiger partial charge in [0.25, 0.3) is 8.32 Å². The lowest BCUT2D eigenvalue weighted by Crippen LogP contribution is -2.66. The number of rotatable bonds is 8. The molecular formula is C27H32O4SSi. The van der Waals surface area contributed by atoms with E-state index in [4.69, 9.17) is 4.43 Å². The van der Waals surface area contributed by atoms with Gasteiger partial charge in [0.2, 0.25) is 0 Å². The smallest absolute Gasteiger partial charge is 0.261 e. The first-order valence-electron chi connectivity index (χ1n) is 11.3. The van der Waals surface area contributed by atoms with Gasteiger partial charge in [-0.05, 0) is 34.0 Å². The molecular weight excluding hydrogens is 448 g/mol. The zero-order chi connectivity index (χ0) is 23.7. The van der Waals surface area contributed by atoms with E-state index in [9.17, 15) is 13.5 Å². The summed E-state index contributed by atoms with van der Waals surface area (Å²) in [5.74, 6) is -0.255.